The van der Waals surface area contributed by atoms with Crippen molar-refractivity contribution in [3.05, 3.63) is 21.4 Å². The van der Waals surface area contributed by atoms with Gasteiger partial charge in [-0.25, -0.2) is 0 Å². The molecule has 0 spiro atoms. The van der Waals surface area contributed by atoms with E-state index in [9.17, 15) is 4.79 Å². The molecule has 1 saturated heterocycles. The van der Waals surface area contributed by atoms with Gasteiger partial charge in [-0.3, -0.25) is 4.79 Å². The summed E-state index contributed by atoms with van der Waals surface area (Å²) in [5.74, 6) is 0.954. The van der Waals surface area contributed by atoms with Gasteiger partial charge in [-0.05, 0) is 62.6 Å². The molecule has 1 aliphatic heterocycles. The number of carbonyl (C=O) groups is 1. The number of nitrogens with zero attached hydrogens (tertiary/aromatic N) is 1. The smallest absolute Gasteiger partial charge is 0.222 e. The molecule has 2 N–H and O–H groups in total. The van der Waals surface area contributed by atoms with Crippen LogP contribution in [0, 0.1) is 25.2 Å². The minimum atomic E-state index is 0. The van der Waals surface area contributed by atoms with E-state index in [0.717, 1.165) is 38.9 Å². The molecule has 5 heteroatoms. The monoisotopic (exact) mass is 358 g/mol. The van der Waals surface area contributed by atoms with Crippen LogP contribution in [0.3, 0.4) is 0 Å². The first-order valence-corrected chi connectivity index (χ1v) is 9.19. The van der Waals surface area contributed by atoms with Crippen LogP contribution in [-0.4, -0.2) is 30.4 Å². The zero-order valence-electron chi connectivity index (χ0n) is 14.9. The lowest BCUT2D eigenvalue weighted by Crippen LogP contribution is -2.44. The second kappa shape index (κ2) is 8.50. The quantitative estimate of drug-likeness (QED) is 0.866. The number of likely N-dealkylation sites (tertiary alicyclic amines) is 1. The Morgan fingerprint density at radius 2 is 1.96 bits per heavy atom. The van der Waals surface area contributed by atoms with E-state index in [1.807, 2.05) is 11.3 Å². The van der Waals surface area contributed by atoms with E-state index >= 15 is 0 Å². The maximum Gasteiger partial charge on any atom is 0.222 e. The van der Waals surface area contributed by atoms with Gasteiger partial charge in [0.15, 0.2) is 0 Å². The summed E-state index contributed by atoms with van der Waals surface area (Å²) < 4.78 is 0. The fourth-order valence-electron chi connectivity index (χ4n) is 3.41. The Kier molecular flexibility index (Phi) is 7.56. The number of amides is 1. The third-order valence-corrected chi connectivity index (χ3v) is 6.24. The first-order valence-electron chi connectivity index (χ1n) is 8.37. The SMILES string of the molecule is Cc1cc(CCC(=O)N2CCC(C(C)(C)CN)CC2)c(C)s1.Cl. The van der Waals surface area contributed by atoms with Gasteiger partial charge in [0, 0.05) is 29.3 Å². The van der Waals surface area contributed by atoms with E-state index in [4.69, 9.17) is 5.73 Å². The van der Waals surface area contributed by atoms with Crippen molar-refractivity contribution < 1.29 is 4.79 Å². The molecule has 0 radical (unpaired) electrons. The van der Waals surface area contributed by atoms with Crippen LogP contribution in [-0.2, 0) is 11.2 Å². The highest BCUT2D eigenvalue weighted by molar-refractivity contribution is 7.12. The van der Waals surface area contributed by atoms with Gasteiger partial charge >= 0.3 is 0 Å². The van der Waals surface area contributed by atoms with Gasteiger partial charge in [0.25, 0.3) is 0 Å². The molecule has 1 fully saturated rings. The van der Waals surface area contributed by atoms with Gasteiger partial charge in [0.2, 0.25) is 5.91 Å². The van der Waals surface area contributed by atoms with Crippen LogP contribution in [0.25, 0.3) is 0 Å². The Bertz CT molecular complexity index is 519. The molecule has 1 amide bonds. The molecule has 3 nitrogen and oxygen atoms in total. The number of hydrogen-bond donors (Lipinski definition) is 1. The van der Waals surface area contributed by atoms with Gasteiger partial charge in [-0.2, -0.15) is 0 Å². The summed E-state index contributed by atoms with van der Waals surface area (Å²) in [6, 6.07) is 2.23. The second-order valence-electron chi connectivity index (χ2n) is 7.29. The first kappa shape index (κ1) is 20.5. The summed E-state index contributed by atoms with van der Waals surface area (Å²) in [6.45, 7) is 11.3. The molecule has 1 aromatic heterocycles. The average molecular weight is 359 g/mol. The normalized spacial score (nSPS) is 16.3. The zero-order valence-corrected chi connectivity index (χ0v) is 16.5. The maximum atomic E-state index is 12.4. The van der Waals surface area contributed by atoms with Crippen molar-refractivity contribution in [1.29, 1.82) is 0 Å². The van der Waals surface area contributed by atoms with Crippen LogP contribution < -0.4 is 5.73 Å². The number of nitrogens with two attached hydrogens (primary N) is 1. The summed E-state index contributed by atoms with van der Waals surface area (Å²) in [7, 11) is 0. The van der Waals surface area contributed by atoms with Crippen molar-refractivity contribution in [2.45, 2.75) is 53.4 Å². The molecular weight excluding hydrogens is 328 g/mol. The van der Waals surface area contributed by atoms with Crippen LogP contribution >= 0.6 is 23.7 Å². The molecule has 0 aromatic carbocycles. The number of aryl methyl sites for hydroxylation is 3. The number of thiophene rings is 1. The number of rotatable bonds is 5. The van der Waals surface area contributed by atoms with E-state index < -0.39 is 0 Å². The lowest BCUT2D eigenvalue weighted by molar-refractivity contribution is -0.133. The largest absolute Gasteiger partial charge is 0.343 e. The van der Waals surface area contributed by atoms with E-state index in [2.05, 4.69) is 38.7 Å². The van der Waals surface area contributed by atoms with E-state index in [1.54, 1.807) is 0 Å². The summed E-state index contributed by atoms with van der Waals surface area (Å²) >= 11 is 1.83. The molecule has 1 aliphatic rings. The Balaban J connectivity index is 0.00000264. The number of piperidine rings is 1. The lowest BCUT2D eigenvalue weighted by Gasteiger charge is -2.40. The molecule has 1 aromatic rings. The average Bonchev–Trinajstić information content (AvgIpc) is 2.82. The summed E-state index contributed by atoms with van der Waals surface area (Å²) in [4.78, 5) is 17.2. The summed E-state index contributed by atoms with van der Waals surface area (Å²) in [6.07, 6.45) is 3.70. The molecule has 0 atom stereocenters. The van der Waals surface area contributed by atoms with Crippen LogP contribution in [0.15, 0.2) is 6.07 Å². The number of halogens is 1. The van der Waals surface area contributed by atoms with Crippen molar-refractivity contribution in [3.63, 3.8) is 0 Å². The van der Waals surface area contributed by atoms with Gasteiger partial charge in [-0.1, -0.05) is 13.8 Å². The molecule has 23 heavy (non-hydrogen) atoms. The minimum absolute atomic E-state index is 0. The molecule has 0 saturated carbocycles. The highest BCUT2D eigenvalue weighted by Gasteiger charge is 2.32. The van der Waals surface area contributed by atoms with Gasteiger partial charge in [0.1, 0.15) is 0 Å². The number of hydrogen-bond acceptors (Lipinski definition) is 3. The van der Waals surface area contributed by atoms with Crippen molar-refractivity contribution in [2.75, 3.05) is 19.6 Å². The van der Waals surface area contributed by atoms with Gasteiger partial charge in [-0.15, -0.1) is 23.7 Å². The van der Waals surface area contributed by atoms with Crippen molar-refractivity contribution in [1.82, 2.24) is 4.90 Å². The molecule has 0 bridgehead atoms. The maximum absolute atomic E-state index is 12.4. The van der Waals surface area contributed by atoms with Gasteiger partial charge in [0.05, 0.1) is 0 Å². The van der Waals surface area contributed by atoms with E-state index in [1.165, 1.54) is 15.3 Å². The third-order valence-electron chi connectivity index (χ3n) is 5.23. The highest BCUT2D eigenvalue weighted by atomic mass is 35.5. The molecular formula is C18H31ClN2OS. The summed E-state index contributed by atoms with van der Waals surface area (Å²) in [5, 5.41) is 0. The molecule has 0 unspecified atom stereocenters. The zero-order chi connectivity index (χ0) is 16.3. The van der Waals surface area contributed by atoms with E-state index in [0.29, 0.717) is 18.2 Å². The predicted molar refractivity (Wildman–Crippen MR) is 102 cm³/mol. The molecule has 2 heterocycles. The molecule has 2 rings (SSSR count). The van der Waals surface area contributed by atoms with Crippen LogP contribution in [0.4, 0.5) is 0 Å². The van der Waals surface area contributed by atoms with Crippen molar-refractivity contribution >= 4 is 29.7 Å². The molecule has 0 aliphatic carbocycles. The summed E-state index contributed by atoms with van der Waals surface area (Å²) in [5.41, 5.74) is 7.42. The Morgan fingerprint density at radius 1 is 1.35 bits per heavy atom. The fourth-order valence-corrected chi connectivity index (χ4v) is 4.38. The third kappa shape index (κ3) is 5.20. The van der Waals surface area contributed by atoms with Crippen LogP contribution in [0.1, 0.15) is 48.4 Å². The Hall–Kier alpha value is -0.580. The van der Waals surface area contributed by atoms with Crippen LogP contribution in [0.2, 0.25) is 0 Å². The lowest BCUT2D eigenvalue weighted by atomic mass is 9.74. The Morgan fingerprint density at radius 3 is 2.43 bits per heavy atom. The molecule has 132 valence electrons. The predicted octanol–water partition coefficient (Wildman–Crippen LogP) is 3.94. The second-order valence-corrected chi connectivity index (χ2v) is 8.75. The fraction of sp³-hybridized carbons (Fsp3) is 0.722. The Labute approximate surface area is 151 Å². The van der Waals surface area contributed by atoms with Crippen molar-refractivity contribution in [2.24, 2.45) is 17.1 Å². The van der Waals surface area contributed by atoms with E-state index in [-0.39, 0.29) is 17.8 Å². The van der Waals surface area contributed by atoms with Crippen LogP contribution in [0.5, 0.6) is 0 Å². The topological polar surface area (TPSA) is 46.3 Å². The minimum Gasteiger partial charge on any atom is -0.343 e. The van der Waals surface area contributed by atoms with Crippen molar-refractivity contribution in [3.8, 4) is 0 Å². The first-order chi connectivity index (χ1) is 10.3. The number of carbonyl (C=O) groups excluding carboxylic acids is 1. The highest BCUT2D eigenvalue weighted by Crippen LogP contribution is 2.34. The van der Waals surface area contributed by atoms with Gasteiger partial charge < -0.3 is 10.6 Å². The standard InChI is InChI=1S/C18H30N2OS.ClH/c1-13-11-15(14(2)22-13)5-6-17(21)20-9-7-16(8-10-20)18(3,4)12-19;/h11,16H,5-10,12,19H2,1-4H3;1H.